The van der Waals surface area contributed by atoms with Gasteiger partial charge in [0.1, 0.15) is 12.4 Å². The van der Waals surface area contributed by atoms with E-state index in [1.807, 2.05) is 17.1 Å². The molecular formula is C14H23IN2O3. The smallest absolute Gasteiger partial charge is 0.310 e. The summed E-state index contributed by atoms with van der Waals surface area (Å²) in [6.07, 6.45) is 11.4. The van der Waals surface area contributed by atoms with E-state index in [2.05, 4.69) is 4.74 Å². The second-order valence-corrected chi connectivity index (χ2v) is 4.67. The number of esters is 1. The number of rotatable bonds is 8. The monoisotopic (exact) mass is 394 g/mol. The molecule has 0 spiro atoms. The average Bonchev–Trinajstić information content (AvgIpc) is 2.86. The summed E-state index contributed by atoms with van der Waals surface area (Å²) < 4.78 is 8.19. The first-order valence-corrected chi connectivity index (χ1v) is 6.78. The SMILES string of the molecule is COC(=O)CCCCCCCn1cc[n+](C(C)=O)c1.[I-]. The van der Waals surface area contributed by atoms with Gasteiger partial charge in [0.15, 0.2) is 0 Å². The van der Waals surface area contributed by atoms with E-state index in [1.54, 1.807) is 17.7 Å². The minimum Gasteiger partial charge on any atom is -1.00 e. The van der Waals surface area contributed by atoms with Crippen molar-refractivity contribution in [2.75, 3.05) is 7.11 Å². The van der Waals surface area contributed by atoms with Gasteiger partial charge in [0.05, 0.1) is 13.7 Å². The fraction of sp³-hybridized carbons (Fsp3) is 0.643. The van der Waals surface area contributed by atoms with Crippen LogP contribution in [0.5, 0.6) is 0 Å². The molecule has 6 heteroatoms. The van der Waals surface area contributed by atoms with Crippen LogP contribution < -0.4 is 28.5 Å². The maximum atomic E-state index is 11.1. The number of unbranched alkanes of at least 4 members (excludes halogenated alkanes) is 4. The number of hydrogen-bond donors (Lipinski definition) is 0. The lowest BCUT2D eigenvalue weighted by molar-refractivity contribution is -0.572. The molecular weight excluding hydrogens is 371 g/mol. The van der Waals surface area contributed by atoms with Crippen molar-refractivity contribution in [2.45, 2.75) is 52.0 Å². The van der Waals surface area contributed by atoms with Gasteiger partial charge in [-0.25, -0.2) is 9.36 Å². The Morgan fingerprint density at radius 3 is 2.40 bits per heavy atom. The number of carbonyl (C=O) groups excluding carboxylic acids is 2. The molecule has 0 saturated carbocycles. The first kappa shape index (κ1) is 19.1. The van der Waals surface area contributed by atoms with Crippen molar-refractivity contribution in [3.63, 3.8) is 0 Å². The molecule has 0 N–H and O–H groups in total. The largest absolute Gasteiger partial charge is 1.00 e. The zero-order chi connectivity index (χ0) is 14.1. The third-order valence-corrected chi connectivity index (χ3v) is 3.08. The van der Waals surface area contributed by atoms with Gasteiger partial charge in [-0.3, -0.25) is 4.79 Å². The maximum absolute atomic E-state index is 11.1. The van der Waals surface area contributed by atoms with E-state index in [-0.39, 0.29) is 35.9 Å². The molecule has 1 aromatic heterocycles. The number of nitrogens with zero attached hydrogens (tertiary/aromatic N) is 2. The van der Waals surface area contributed by atoms with Crippen molar-refractivity contribution in [3.8, 4) is 0 Å². The Hall–Kier alpha value is -0.920. The van der Waals surface area contributed by atoms with Crippen LogP contribution in [0.1, 0.15) is 50.2 Å². The van der Waals surface area contributed by atoms with Gasteiger partial charge in [-0.2, -0.15) is 4.57 Å². The van der Waals surface area contributed by atoms with Crippen LogP contribution in [-0.2, 0) is 16.1 Å². The highest BCUT2D eigenvalue weighted by Gasteiger charge is 2.06. The molecule has 0 aromatic carbocycles. The van der Waals surface area contributed by atoms with Gasteiger partial charge in [-0.15, -0.1) is 0 Å². The zero-order valence-electron chi connectivity index (χ0n) is 12.2. The lowest BCUT2D eigenvalue weighted by Gasteiger charge is -2.00. The first-order chi connectivity index (χ1) is 9.13. The number of aromatic nitrogens is 2. The van der Waals surface area contributed by atoms with E-state index >= 15 is 0 Å². The molecule has 0 saturated heterocycles. The summed E-state index contributed by atoms with van der Waals surface area (Å²) in [5.74, 6) is -0.0947. The summed E-state index contributed by atoms with van der Waals surface area (Å²) in [5, 5.41) is 0. The van der Waals surface area contributed by atoms with Crippen LogP contribution in [0.25, 0.3) is 0 Å². The molecule has 1 aromatic rings. The topological polar surface area (TPSA) is 52.2 Å². The van der Waals surface area contributed by atoms with Crippen molar-refractivity contribution in [1.29, 1.82) is 0 Å². The summed E-state index contributed by atoms with van der Waals surface area (Å²) in [7, 11) is 1.42. The summed E-state index contributed by atoms with van der Waals surface area (Å²) in [5.41, 5.74) is 0. The van der Waals surface area contributed by atoms with Crippen molar-refractivity contribution < 1.29 is 42.9 Å². The second kappa shape index (κ2) is 10.8. The van der Waals surface area contributed by atoms with Gasteiger partial charge in [0.25, 0.3) is 6.33 Å². The molecule has 0 aliphatic rings. The molecule has 0 radical (unpaired) electrons. The zero-order valence-corrected chi connectivity index (χ0v) is 14.3. The van der Waals surface area contributed by atoms with E-state index in [0.717, 1.165) is 38.6 Å². The van der Waals surface area contributed by atoms with Crippen molar-refractivity contribution in [2.24, 2.45) is 0 Å². The molecule has 0 bridgehead atoms. The predicted molar refractivity (Wildman–Crippen MR) is 70.6 cm³/mol. The van der Waals surface area contributed by atoms with Crippen LogP contribution in [0.2, 0.25) is 0 Å². The van der Waals surface area contributed by atoms with Gasteiger partial charge < -0.3 is 28.7 Å². The highest BCUT2D eigenvalue weighted by molar-refractivity contribution is 5.68. The van der Waals surface area contributed by atoms with E-state index < -0.39 is 0 Å². The van der Waals surface area contributed by atoms with Crippen LogP contribution >= 0.6 is 0 Å². The maximum Gasteiger partial charge on any atom is 0.310 e. The Balaban J connectivity index is 0.00000361. The summed E-state index contributed by atoms with van der Waals surface area (Å²) in [6.45, 7) is 2.48. The molecule has 1 rings (SSSR count). The minimum atomic E-state index is -0.124. The minimum absolute atomic E-state index is 0. The fourth-order valence-electron chi connectivity index (χ4n) is 1.91. The quantitative estimate of drug-likeness (QED) is 0.245. The third kappa shape index (κ3) is 7.62. The van der Waals surface area contributed by atoms with E-state index in [9.17, 15) is 9.59 Å². The number of imidazole rings is 1. The van der Waals surface area contributed by atoms with Gasteiger partial charge in [-0.05, 0) is 19.3 Å². The Kier molecular flexibility index (Phi) is 10.3. The summed E-state index contributed by atoms with van der Waals surface area (Å²) in [6, 6.07) is 0. The molecule has 0 aliphatic heterocycles. The van der Waals surface area contributed by atoms with Crippen molar-refractivity contribution >= 4 is 11.9 Å². The average molecular weight is 394 g/mol. The van der Waals surface area contributed by atoms with Crippen LogP contribution in [0.4, 0.5) is 0 Å². The van der Waals surface area contributed by atoms with Crippen LogP contribution in [0.3, 0.4) is 0 Å². The Bertz CT molecular complexity index is 418. The Morgan fingerprint density at radius 2 is 1.80 bits per heavy atom. The number of ether oxygens (including phenoxy) is 1. The van der Waals surface area contributed by atoms with Gasteiger partial charge in [-0.1, -0.05) is 12.8 Å². The standard InChI is InChI=1S/C14H23N2O3.HI/c1-13(17)16-11-10-15(12-16)9-7-5-3-4-6-8-14(18)19-2;/h10-12H,3-9H2,1-2H3;1H/q+1;/p-1. The third-order valence-electron chi connectivity index (χ3n) is 3.08. The van der Waals surface area contributed by atoms with Crippen LogP contribution in [0.15, 0.2) is 18.7 Å². The van der Waals surface area contributed by atoms with Gasteiger partial charge in [0.2, 0.25) is 0 Å². The second-order valence-electron chi connectivity index (χ2n) is 4.67. The molecule has 1 heterocycles. The molecule has 0 amide bonds. The Morgan fingerprint density at radius 1 is 1.15 bits per heavy atom. The first-order valence-electron chi connectivity index (χ1n) is 6.78. The van der Waals surface area contributed by atoms with E-state index in [0.29, 0.717) is 6.42 Å². The number of methoxy groups -OCH3 is 1. The lowest BCUT2D eigenvalue weighted by Crippen LogP contribution is -3.00. The number of halogens is 1. The summed E-state index contributed by atoms with van der Waals surface area (Å²) in [4.78, 5) is 22.0. The number of aryl methyl sites for hydroxylation is 1. The molecule has 20 heavy (non-hydrogen) atoms. The van der Waals surface area contributed by atoms with Crippen molar-refractivity contribution in [3.05, 3.63) is 18.7 Å². The van der Waals surface area contributed by atoms with Crippen molar-refractivity contribution in [1.82, 2.24) is 4.57 Å². The Labute approximate surface area is 137 Å². The lowest BCUT2D eigenvalue weighted by atomic mass is 10.1. The van der Waals surface area contributed by atoms with Gasteiger partial charge >= 0.3 is 11.9 Å². The fourth-order valence-corrected chi connectivity index (χ4v) is 1.91. The normalized spacial score (nSPS) is 9.90. The van der Waals surface area contributed by atoms with E-state index in [4.69, 9.17) is 0 Å². The van der Waals surface area contributed by atoms with E-state index in [1.165, 1.54) is 7.11 Å². The van der Waals surface area contributed by atoms with Crippen LogP contribution in [-0.4, -0.2) is 23.6 Å². The summed E-state index contributed by atoms with van der Waals surface area (Å²) >= 11 is 0. The number of hydrogen-bond acceptors (Lipinski definition) is 3. The van der Waals surface area contributed by atoms with Crippen LogP contribution in [0, 0.1) is 0 Å². The molecule has 0 fully saturated rings. The van der Waals surface area contributed by atoms with Gasteiger partial charge in [0, 0.05) is 13.3 Å². The highest BCUT2D eigenvalue weighted by atomic mass is 127. The highest BCUT2D eigenvalue weighted by Crippen LogP contribution is 2.06. The number of carbonyl (C=O) groups is 2. The molecule has 0 aliphatic carbocycles. The molecule has 0 atom stereocenters. The molecule has 114 valence electrons. The molecule has 5 nitrogen and oxygen atoms in total. The molecule has 0 unspecified atom stereocenters. The predicted octanol–water partition coefficient (Wildman–Crippen LogP) is -1.05.